The number of ether oxygens (including phenoxy) is 1. The van der Waals surface area contributed by atoms with Gasteiger partial charge in [-0.1, -0.05) is 24.3 Å². The molecule has 2 aromatic heterocycles. The van der Waals surface area contributed by atoms with E-state index < -0.39 is 0 Å². The first-order chi connectivity index (χ1) is 14.5. The number of amides is 2. The first-order valence-corrected chi connectivity index (χ1v) is 10.1. The summed E-state index contributed by atoms with van der Waals surface area (Å²) in [7, 11) is 1.46. The maximum absolute atomic E-state index is 12.8. The largest absolute Gasteiger partial charge is 0.375 e. The van der Waals surface area contributed by atoms with Crippen molar-refractivity contribution in [3.63, 3.8) is 0 Å². The third-order valence-electron chi connectivity index (χ3n) is 4.45. The second-order valence-corrected chi connectivity index (χ2v) is 7.71. The van der Waals surface area contributed by atoms with Crippen molar-refractivity contribution < 1.29 is 14.3 Å². The number of methoxy groups -OCH3 is 1. The van der Waals surface area contributed by atoms with Crippen LogP contribution in [0.1, 0.15) is 15.4 Å². The van der Waals surface area contributed by atoms with Crippen LogP contribution >= 0.6 is 11.3 Å². The van der Waals surface area contributed by atoms with Crippen LogP contribution in [0.5, 0.6) is 0 Å². The summed E-state index contributed by atoms with van der Waals surface area (Å²) in [6.45, 7) is 1.90. The van der Waals surface area contributed by atoms with Crippen molar-refractivity contribution in [1.82, 2.24) is 9.78 Å². The highest BCUT2D eigenvalue weighted by molar-refractivity contribution is 7.20. The smallest absolute Gasteiger partial charge is 0.265 e. The molecule has 8 heteroatoms. The zero-order chi connectivity index (χ0) is 21.1. The van der Waals surface area contributed by atoms with Gasteiger partial charge in [-0.05, 0) is 43.3 Å². The van der Waals surface area contributed by atoms with Crippen LogP contribution in [0.15, 0.2) is 60.7 Å². The first kappa shape index (κ1) is 19.8. The lowest BCUT2D eigenvalue weighted by atomic mass is 10.2. The number of fused-ring (bicyclic) bond motifs is 1. The van der Waals surface area contributed by atoms with E-state index in [0.29, 0.717) is 16.3 Å². The summed E-state index contributed by atoms with van der Waals surface area (Å²) < 4.78 is 6.67. The van der Waals surface area contributed by atoms with Gasteiger partial charge in [0, 0.05) is 23.9 Å². The molecule has 2 aromatic carbocycles. The Kier molecular flexibility index (Phi) is 5.60. The van der Waals surface area contributed by atoms with E-state index in [1.807, 2.05) is 48.0 Å². The van der Waals surface area contributed by atoms with Crippen LogP contribution in [0.25, 0.3) is 15.9 Å². The Morgan fingerprint density at radius 1 is 1.03 bits per heavy atom. The molecule has 2 heterocycles. The molecule has 30 heavy (non-hydrogen) atoms. The topological polar surface area (TPSA) is 85.2 Å². The van der Waals surface area contributed by atoms with E-state index in [1.54, 1.807) is 24.3 Å². The average molecular weight is 420 g/mol. The third-order valence-corrected chi connectivity index (χ3v) is 5.56. The van der Waals surface area contributed by atoms with E-state index in [2.05, 4.69) is 15.7 Å². The van der Waals surface area contributed by atoms with Gasteiger partial charge in [0.05, 0.1) is 16.3 Å². The normalized spacial score (nSPS) is 10.9. The van der Waals surface area contributed by atoms with Crippen molar-refractivity contribution in [1.29, 1.82) is 0 Å². The molecule has 0 fully saturated rings. The van der Waals surface area contributed by atoms with Gasteiger partial charge in [0.1, 0.15) is 11.4 Å². The molecule has 2 amide bonds. The molecule has 0 aliphatic heterocycles. The Bertz CT molecular complexity index is 1210. The molecule has 4 rings (SSSR count). The highest BCUT2D eigenvalue weighted by Crippen LogP contribution is 2.31. The van der Waals surface area contributed by atoms with Gasteiger partial charge in [-0.25, -0.2) is 4.68 Å². The number of benzene rings is 2. The van der Waals surface area contributed by atoms with E-state index in [1.165, 1.54) is 18.4 Å². The fraction of sp³-hybridized carbons (Fsp3) is 0.136. The van der Waals surface area contributed by atoms with Crippen LogP contribution in [0.3, 0.4) is 0 Å². The second kappa shape index (κ2) is 8.48. The fourth-order valence-electron chi connectivity index (χ4n) is 3.10. The fourth-order valence-corrected chi connectivity index (χ4v) is 4.18. The minimum atomic E-state index is -0.258. The first-order valence-electron chi connectivity index (χ1n) is 9.30. The van der Waals surface area contributed by atoms with Crippen LogP contribution < -0.4 is 10.6 Å². The molecule has 2 N–H and O–H groups in total. The Labute approximate surface area is 177 Å². The average Bonchev–Trinajstić information content (AvgIpc) is 3.30. The molecule has 7 nitrogen and oxygen atoms in total. The standard InChI is InChI=1S/C22H20N4O3S/c1-14-18-12-19(30-22(18)26(25-14)17-9-4-3-5-10-17)21(28)24-16-8-6-7-15(11-16)23-20(27)13-29-2/h3-12H,13H2,1-2H3,(H,23,27)(H,24,28). The van der Waals surface area contributed by atoms with E-state index in [-0.39, 0.29) is 18.4 Å². The number of aryl methyl sites for hydroxylation is 1. The van der Waals surface area contributed by atoms with Crippen molar-refractivity contribution in [2.75, 3.05) is 24.4 Å². The molecule has 0 aliphatic rings. The number of anilines is 2. The van der Waals surface area contributed by atoms with Crippen LogP contribution in [0.4, 0.5) is 11.4 Å². The van der Waals surface area contributed by atoms with Gasteiger partial charge in [-0.15, -0.1) is 11.3 Å². The number of aromatic nitrogens is 2. The molecule has 0 atom stereocenters. The van der Waals surface area contributed by atoms with Crippen molar-refractivity contribution in [3.8, 4) is 5.69 Å². The molecule has 0 saturated heterocycles. The van der Waals surface area contributed by atoms with Gasteiger partial charge in [-0.3, -0.25) is 9.59 Å². The van der Waals surface area contributed by atoms with Gasteiger partial charge in [0.25, 0.3) is 5.91 Å². The third kappa shape index (κ3) is 4.10. The van der Waals surface area contributed by atoms with Gasteiger partial charge >= 0.3 is 0 Å². The van der Waals surface area contributed by atoms with E-state index in [0.717, 1.165) is 21.6 Å². The molecule has 0 spiro atoms. The van der Waals surface area contributed by atoms with Gasteiger partial charge in [0.2, 0.25) is 5.91 Å². The molecule has 152 valence electrons. The lowest BCUT2D eigenvalue weighted by molar-refractivity contribution is -0.119. The van der Waals surface area contributed by atoms with Crippen molar-refractivity contribution in [2.45, 2.75) is 6.92 Å². The Hall–Kier alpha value is -3.49. The number of rotatable bonds is 6. The Balaban J connectivity index is 1.56. The van der Waals surface area contributed by atoms with E-state index >= 15 is 0 Å². The quantitative estimate of drug-likeness (QED) is 0.489. The van der Waals surface area contributed by atoms with E-state index in [4.69, 9.17) is 4.74 Å². The highest BCUT2D eigenvalue weighted by Gasteiger charge is 2.17. The predicted molar refractivity (Wildman–Crippen MR) is 119 cm³/mol. The highest BCUT2D eigenvalue weighted by atomic mass is 32.1. The molecule has 0 unspecified atom stereocenters. The van der Waals surface area contributed by atoms with Gasteiger partial charge in [0.15, 0.2) is 0 Å². The molecule has 4 aromatic rings. The number of nitrogens with one attached hydrogen (secondary N) is 2. The SMILES string of the molecule is COCC(=O)Nc1cccc(NC(=O)c2cc3c(C)nn(-c4ccccc4)c3s2)c1. The van der Waals surface area contributed by atoms with Crippen molar-refractivity contribution in [2.24, 2.45) is 0 Å². The minimum Gasteiger partial charge on any atom is -0.375 e. The lowest BCUT2D eigenvalue weighted by Gasteiger charge is -2.08. The molecule has 0 aliphatic carbocycles. The van der Waals surface area contributed by atoms with Gasteiger partial charge in [-0.2, -0.15) is 5.10 Å². The zero-order valence-electron chi connectivity index (χ0n) is 16.5. The molecule has 0 bridgehead atoms. The summed E-state index contributed by atoms with van der Waals surface area (Å²) in [5.41, 5.74) is 2.99. The molecular weight excluding hydrogens is 400 g/mol. The van der Waals surface area contributed by atoms with Gasteiger partial charge < -0.3 is 15.4 Å². The number of hydrogen-bond acceptors (Lipinski definition) is 5. The van der Waals surface area contributed by atoms with Crippen LogP contribution in [0, 0.1) is 6.92 Å². The summed E-state index contributed by atoms with van der Waals surface area (Å²) in [6, 6.07) is 18.7. The molecular formula is C22H20N4O3S. The Morgan fingerprint density at radius 3 is 2.50 bits per heavy atom. The van der Waals surface area contributed by atoms with Crippen molar-refractivity contribution in [3.05, 3.63) is 71.2 Å². The summed E-state index contributed by atoms with van der Waals surface area (Å²) in [5, 5.41) is 11.2. The maximum Gasteiger partial charge on any atom is 0.265 e. The number of nitrogens with zero attached hydrogens (tertiary/aromatic N) is 2. The summed E-state index contributed by atoms with van der Waals surface area (Å²) in [5.74, 6) is -0.470. The number of carbonyl (C=O) groups excluding carboxylic acids is 2. The second-order valence-electron chi connectivity index (χ2n) is 6.68. The van der Waals surface area contributed by atoms with E-state index in [9.17, 15) is 9.59 Å². The molecule has 0 radical (unpaired) electrons. The zero-order valence-corrected chi connectivity index (χ0v) is 17.3. The van der Waals surface area contributed by atoms with Crippen LogP contribution in [0.2, 0.25) is 0 Å². The summed E-state index contributed by atoms with van der Waals surface area (Å²) in [6.07, 6.45) is 0. The number of thiophene rings is 1. The summed E-state index contributed by atoms with van der Waals surface area (Å²) in [4.78, 5) is 26.0. The molecule has 0 saturated carbocycles. The van der Waals surface area contributed by atoms with Crippen LogP contribution in [-0.2, 0) is 9.53 Å². The summed E-state index contributed by atoms with van der Waals surface area (Å²) >= 11 is 1.39. The van der Waals surface area contributed by atoms with Crippen LogP contribution in [-0.4, -0.2) is 35.3 Å². The number of para-hydroxylation sites is 1. The Morgan fingerprint density at radius 2 is 1.77 bits per heavy atom. The monoisotopic (exact) mass is 420 g/mol. The maximum atomic E-state index is 12.8. The number of hydrogen-bond donors (Lipinski definition) is 2. The lowest BCUT2D eigenvalue weighted by Crippen LogP contribution is -2.17. The van der Waals surface area contributed by atoms with Crippen molar-refractivity contribution >= 4 is 44.7 Å². The minimum absolute atomic E-state index is 0.0316. The predicted octanol–water partition coefficient (Wildman–Crippen LogP) is 4.23. The number of carbonyl (C=O) groups is 2.